The SMILES string of the molecule is Nc1cc(C(=O)OCCn2ccccc2=O)cc(Cl)c1Cl. The Kier molecular flexibility index (Phi) is 4.88. The highest BCUT2D eigenvalue weighted by Crippen LogP contribution is 2.29. The first kappa shape index (κ1) is 15.4. The van der Waals surface area contributed by atoms with Gasteiger partial charge in [0.2, 0.25) is 0 Å². The Hall–Kier alpha value is -1.98. The van der Waals surface area contributed by atoms with Crippen LogP contribution in [0.3, 0.4) is 0 Å². The molecular weight excluding hydrogens is 315 g/mol. The maximum absolute atomic E-state index is 11.9. The summed E-state index contributed by atoms with van der Waals surface area (Å²) in [4.78, 5) is 23.3. The van der Waals surface area contributed by atoms with Crippen molar-refractivity contribution in [2.45, 2.75) is 6.54 Å². The predicted molar refractivity (Wildman–Crippen MR) is 81.9 cm³/mol. The highest BCUT2D eigenvalue weighted by atomic mass is 35.5. The fraction of sp³-hybridized carbons (Fsp3) is 0.143. The van der Waals surface area contributed by atoms with Crippen molar-refractivity contribution in [3.8, 4) is 0 Å². The number of carbonyl (C=O) groups is 1. The molecule has 2 N–H and O–H groups in total. The summed E-state index contributed by atoms with van der Waals surface area (Å²) in [5, 5.41) is 0.381. The minimum atomic E-state index is -0.579. The average molecular weight is 327 g/mol. The van der Waals surface area contributed by atoms with Gasteiger partial charge in [-0.2, -0.15) is 0 Å². The number of rotatable bonds is 4. The lowest BCUT2D eigenvalue weighted by molar-refractivity contribution is 0.0490. The summed E-state index contributed by atoms with van der Waals surface area (Å²) in [5.41, 5.74) is 5.88. The third-order valence-corrected chi connectivity index (χ3v) is 3.57. The average Bonchev–Trinajstić information content (AvgIpc) is 2.46. The van der Waals surface area contributed by atoms with Crippen LogP contribution in [-0.2, 0) is 11.3 Å². The molecule has 0 radical (unpaired) electrons. The summed E-state index contributed by atoms with van der Waals surface area (Å²) >= 11 is 11.7. The molecule has 0 amide bonds. The second-order valence-corrected chi connectivity index (χ2v) is 5.01. The number of ether oxygens (including phenoxy) is 1. The summed E-state index contributed by atoms with van der Waals surface area (Å²) in [6.07, 6.45) is 1.62. The fourth-order valence-electron chi connectivity index (χ4n) is 1.69. The van der Waals surface area contributed by atoms with Gasteiger partial charge in [0, 0.05) is 12.3 Å². The quantitative estimate of drug-likeness (QED) is 0.692. The molecule has 5 nitrogen and oxygen atoms in total. The van der Waals surface area contributed by atoms with E-state index in [1.165, 1.54) is 22.8 Å². The topological polar surface area (TPSA) is 74.3 Å². The molecule has 7 heteroatoms. The number of hydrogen-bond acceptors (Lipinski definition) is 4. The van der Waals surface area contributed by atoms with Crippen LogP contribution in [0.2, 0.25) is 10.0 Å². The van der Waals surface area contributed by atoms with Crippen LogP contribution in [0.25, 0.3) is 0 Å². The Labute approximate surface area is 130 Å². The van der Waals surface area contributed by atoms with Gasteiger partial charge in [0.15, 0.2) is 0 Å². The van der Waals surface area contributed by atoms with Crippen molar-refractivity contribution in [3.05, 3.63) is 62.5 Å². The van der Waals surface area contributed by atoms with Crippen molar-refractivity contribution in [2.75, 3.05) is 12.3 Å². The van der Waals surface area contributed by atoms with E-state index in [4.69, 9.17) is 33.7 Å². The van der Waals surface area contributed by atoms with E-state index >= 15 is 0 Å². The molecule has 0 bridgehead atoms. The molecule has 1 aromatic carbocycles. The van der Waals surface area contributed by atoms with Gasteiger partial charge in [-0.3, -0.25) is 4.79 Å². The predicted octanol–water partition coefficient (Wildman–Crippen LogP) is 2.59. The van der Waals surface area contributed by atoms with E-state index in [1.807, 2.05) is 0 Å². The van der Waals surface area contributed by atoms with Crippen LogP contribution in [-0.4, -0.2) is 17.1 Å². The lowest BCUT2D eigenvalue weighted by Gasteiger charge is -2.08. The lowest BCUT2D eigenvalue weighted by atomic mass is 10.2. The van der Waals surface area contributed by atoms with Gasteiger partial charge in [0.05, 0.1) is 27.8 Å². The summed E-state index contributed by atoms with van der Waals surface area (Å²) in [6, 6.07) is 7.58. The largest absolute Gasteiger partial charge is 0.460 e. The van der Waals surface area contributed by atoms with Crippen LogP contribution < -0.4 is 11.3 Å². The monoisotopic (exact) mass is 326 g/mol. The molecule has 0 saturated heterocycles. The van der Waals surface area contributed by atoms with E-state index in [2.05, 4.69) is 0 Å². The Morgan fingerprint density at radius 2 is 2.05 bits per heavy atom. The normalized spacial score (nSPS) is 10.4. The molecule has 0 spiro atoms. The van der Waals surface area contributed by atoms with E-state index in [9.17, 15) is 9.59 Å². The second-order valence-electron chi connectivity index (χ2n) is 4.23. The minimum absolute atomic E-state index is 0.0584. The second kappa shape index (κ2) is 6.65. The van der Waals surface area contributed by atoms with Crippen molar-refractivity contribution in [1.82, 2.24) is 4.57 Å². The smallest absolute Gasteiger partial charge is 0.338 e. The molecule has 1 heterocycles. The Bertz CT molecular complexity index is 705. The number of nitrogen functional groups attached to an aromatic ring is 1. The summed E-state index contributed by atoms with van der Waals surface area (Å²) in [7, 11) is 0. The number of carbonyl (C=O) groups excluding carboxylic acids is 1. The number of hydrogen-bond donors (Lipinski definition) is 1. The van der Waals surface area contributed by atoms with Gasteiger partial charge in [-0.1, -0.05) is 29.3 Å². The number of esters is 1. The van der Waals surface area contributed by atoms with Gasteiger partial charge >= 0.3 is 5.97 Å². The van der Waals surface area contributed by atoms with E-state index < -0.39 is 5.97 Å². The van der Waals surface area contributed by atoms with Crippen molar-refractivity contribution in [3.63, 3.8) is 0 Å². The summed E-state index contributed by atoms with van der Waals surface area (Å²) in [6.45, 7) is 0.325. The van der Waals surface area contributed by atoms with Crippen LogP contribution in [0, 0.1) is 0 Å². The highest BCUT2D eigenvalue weighted by Gasteiger charge is 2.12. The molecule has 21 heavy (non-hydrogen) atoms. The standard InChI is InChI=1S/C14H12Cl2N2O3/c15-10-7-9(8-11(17)13(10)16)14(20)21-6-5-18-4-2-1-3-12(18)19/h1-4,7-8H,5-6,17H2. The van der Waals surface area contributed by atoms with Gasteiger partial charge in [-0.15, -0.1) is 0 Å². The molecule has 110 valence electrons. The van der Waals surface area contributed by atoms with Crippen LogP contribution in [0.1, 0.15) is 10.4 Å². The lowest BCUT2D eigenvalue weighted by Crippen LogP contribution is -2.21. The third kappa shape index (κ3) is 3.77. The summed E-state index contributed by atoms with van der Waals surface area (Å²) < 4.78 is 6.52. The van der Waals surface area contributed by atoms with Crippen LogP contribution in [0.15, 0.2) is 41.3 Å². The molecule has 0 aliphatic carbocycles. The number of nitrogens with zero attached hydrogens (tertiary/aromatic N) is 1. The maximum atomic E-state index is 11.9. The van der Waals surface area contributed by atoms with E-state index in [0.717, 1.165) is 0 Å². The first-order valence-corrected chi connectivity index (χ1v) is 6.82. The first-order chi connectivity index (χ1) is 9.99. The van der Waals surface area contributed by atoms with Crippen LogP contribution >= 0.6 is 23.2 Å². The Morgan fingerprint density at radius 1 is 1.29 bits per heavy atom. The van der Waals surface area contributed by atoms with Crippen LogP contribution in [0.4, 0.5) is 5.69 Å². The van der Waals surface area contributed by atoms with Gasteiger partial charge in [-0.05, 0) is 18.2 Å². The number of aromatic nitrogens is 1. The molecular formula is C14H12Cl2N2O3. The molecule has 0 fully saturated rings. The number of nitrogens with two attached hydrogens (primary N) is 1. The zero-order valence-electron chi connectivity index (χ0n) is 10.9. The molecule has 0 atom stereocenters. The van der Waals surface area contributed by atoms with E-state index in [-0.39, 0.29) is 40.0 Å². The van der Waals surface area contributed by atoms with Gasteiger partial charge in [0.25, 0.3) is 5.56 Å². The Morgan fingerprint density at radius 3 is 2.71 bits per heavy atom. The van der Waals surface area contributed by atoms with E-state index in [0.29, 0.717) is 0 Å². The minimum Gasteiger partial charge on any atom is -0.460 e. The molecule has 2 rings (SSSR count). The molecule has 1 aromatic heterocycles. The highest BCUT2D eigenvalue weighted by molar-refractivity contribution is 6.43. The zero-order valence-corrected chi connectivity index (χ0v) is 12.4. The number of pyridine rings is 1. The van der Waals surface area contributed by atoms with Gasteiger partial charge in [-0.25, -0.2) is 4.79 Å². The number of halogens is 2. The number of benzene rings is 1. The van der Waals surface area contributed by atoms with Crippen molar-refractivity contribution < 1.29 is 9.53 Å². The zero-order chi connectivity index (χ0) is 15.4. The van der Waals surface area contributed by atoms with E-state index in [1.54, 1.807) is 18.3 Å². The van der Waals surface area contributed by atoms with Crippen molar-refractivity contribution >= 4 is 34.9 Å². The molecule has 0 aliphatic rings. The maximum Gasteiger partial charge on any atom is 0.338 e. The summed E-state index contributed by atoms with van der Waals surface area (Å²) in [5.74, 6) is -0.579. The van der Waals surface area contributed by atoms with Gasteiger partial charge < -0.3 is 15.0 Å². The molecule has 0 aliphatic heterocycles. The van der Waals surface area contributed by atoms with Gasteiger partial charge in [0.1, 0.15) is 6.61 Å². The Balaban J connectivity index is 2.00. The van der Waals surface area contributed by atoms with Crippen molar-refractivity contribution in [1.29, 1.82) is 0 Å². The molecule has 0 unspecified atom stereocenters. The van der Waals surface area contributed by atoms with Crippen LogP contribution in [0.5, 0.6) is 0 Å². The molecule has 0 saturated carbocycles. The first-order valence-electron chi connectivity index (χ1n) is 6.06. The fourth-order valence-corrected chi connectivity index (χ4v) is 2.03. The number of anilines is 1. The third-order valence-electron chi connectivity index (χ3n) is 2.76. The van der Waals surface area contributed by atoms with Crippen molar-refractivity contribution in [2.24, 2.45) is 0 Å². The molecule has 2 aromatic rings.